The highest BCUT2D eigenvalue weighted by Gasteiger charge is 2.16. The maximum atomic E-state index is 13.8. The van der Waals surface area contributed by atoms with Crippen LogP contribution in [0.1, 0.15) is 30.5 Å². The van der Waals surface area contributed by atoms with E-state index in [1.807, 2.05) is 31.2 Å². The molecular weight excluding hydrogens is 317 g/mol. The number of amides is 1. The number of halogens is 2. The number of methoxy groups -OCH3 is 1. The molecule has 122 valence electrons. The van der Waals surface area contributed by atoms with Crippen LogP contribution >= 0.6 is 11.6 Å². The third-order valence-electron chi connectivity index (χ3n) is 3.66. The van der Waals surface area contributed by atoms with E-state index in [4.69, 9.17) is 16.3 Å². The predicted molar refractivity (Wildman–Crippen MR) is 89.3 cm³/mol. The summed E-state index contributed by atoms with van der Waals surface area (Å²) in [5.41, 5.74) is 1.19. The molecule has 1 amide bonds. The third kappa shape index (κ3) is 4.45. The Bertz CT molecular complexity index is 653. The van der Waals surface area contributed by atoms with Crippen molar-refractivity contribution in [3.63, 3.8) is 0 Å². The molecule has 1 N–H and O–H groups in total. The van der Waals surface area contributed by atoms with Crippen molar-refractivity contribution in [1.29, 1.82) is 0 Å². The lowest BCUT2D eigenvalue weighted by atomic mass is 10.0. The second-order valence-corrected chi connectivity index (χ2v) is 5.59. The summed E-state index contributed by atoms with van der Waals surface area (Å²) in [7, 11) is 1.60. The van der Waals surface area contributed by atoms with Gasteiger partial charge in [0.1, 0.15) is 11.6 Å². The van der Waals surface area contributed by atoms with Crippen molar-refractivity contribution in [2.24, 2.45) is 0 Å². The lowest BCUT2D eigenvalue weighted by Crippen LogP contribution is -2.29. The van der Waals surface area contributed by atoms with E-state index in [1.54, 1.807) is 13.2 Å². The van der Waals surface area contributed by atoms with Gasteiger partial charge in [0.2, 0.25) is 5.91 Å². The maximum absolute atomic E-state index is 13.8. The van der Waals surface area contributed by atoms with Crippen LogP contribution < -0.4 is 10.1 Å². The number of hydrogen-bond acceptors (Lipinski definition) is 2. The van der Waals surface area contributed by atoms with E-state index < -0.39 is 5.82 Å². The van der Waals surface area contributed by atoms with Crippen LogP contribution in [-0.2, 0) is 11.2 Å². The summed E-state index contributed by atoms with van der Waals surface area (Å²) in [4.78, 5) is 12.2. The van der Waals surface area contributed by atoms with E-state index >= 15 is 0 Å². The van der Waals surface area contributed by atoms with Gasteiger partial charge in [-0.15, -0.1) is 0 Å². The Balaban J connectivity index is 2.07. The van der Waals surface area contributed by atoms with Gasteiger partial charge in [0.05, 0.1) is 19.6 Å². The van der Waals surface area contributed by atoms with Crippen molar-refractivity contribution in [3.05, 3.63) is 64.4 Å². The molecule has 0 radical (unpaired) electrons. The molecule has 0 saturated carbocycles. The van der Waals surface area contributed by atoms with Gasteiger partial charge < -0.3 is 10.1 Å². The summed E-state index contributed by atoms with van der Waals surface area (Å²) < 4.78 is 18.9. The molecule has 1 unspecified atom stereocenters. The molecule has 0 aromatic heterocycles. The molecule has 2 rings (SSSR count). The molecule has 0 heterocycles. The minimum atomic E-state index is -0.467. The van der Waals surface area contributed by atoms with Gasteiger partial charge in [-0.1, -0.05) is 36.7 Å². The van der Waals surface area contributed by atoms with Crippen molar-refractivity contribution in [2.45, 2.75) is 25.8 Å². The molecule has 0 spiro atoms. The minimum Gasteiger partial charge on any atom is -0.497 e. The number of benzene rings is 2. The first-order chi connectivity index (χ1) is 11.0. The first kappa shape index (κ1) is 17.3. The summed E-state index contributed by atoms with van der Waals surface area (Å²) in [6.45, 7) is 1.98. The zero-order valence-corrected chi connectivity index (χ0v) is 13.9. The monoisotopic (exact) mass is 335 g/mol. The fourth-order valence-electron chi connectivity index (χ4n) is 2.36. The fourth-order valence-corrected chi connectivity index (χ4v) is 2.59. The van der Waals surface area contributed by atoms with Gasteiger partial charge in [0.25, 0.3) is 0 Å². The van der Waals surface area contributed by atoms with Crippen molar-refractivity contribution >= 4 is 17.5 Å². The van der Waals surface area contributed by atoms with Gasteiger partial charge in [-0.25, -0.2) is 4.39 Å². The predicted octanol–water partition coefficient (Wildman–Crippen LogP) is 4.30. The topological polar surface area (TPSA) is 38.3 Å². The van der Waals surface area contributed by atoms with E-state index in [1.165, 1.54) is 12.1 Å². The molecule has 0 aliphatic rings. The van der Waals surface area contributed by atoms with Crippen LogP contribution in [0.15, 0.2) is 42.5 Å². The molecule has 0 saturated heterocycles. The van der Waals surface area contributed by atoms with Gasteiger partial charge in [-0.05, 0) is 36.2 Å². The van der Waals surface area contributed by atoms with Gasteiger partial charge in [0, 0.05) is 10.6 Å². The first-order valence-electron chi connectivity index (χ1n) is 7.41. The Kier molecular flexibility index (Phi) is 5.99. The van der Waals surface area contributed by atoms with Gasteiger partial charge in [-0.3, -0.25) is 4.79 Å². The molecule has 0 fully saturated rings. The van der Waals surface area contributed by atoms with E-state index in [2.05, 4.69) is 5.32 Å². The van der Waals surface area contributed by atoms with E-state index in [9.17, 15) is 9.18 Å². The number of ether oxygens (including phenoxy) is 1. The molecule has 0 bridgehead atoms. The highest BCUT2D eigenvalue weighted by molar-refractivity contribution is 6.31. The highest BCUT2D eigenvalue weighted by atomic mass is 35.5. The molecule has 1 atom stereocenters. The lowest BCUT2D eigenvalue weighted by molar-refractivity contribution is -0.121. The lowest BCUT2D eigenvalue weighted by Gasteiger charge is -2.18. The van der Waals surface area contributed by atoms with E-state index in [0.717, 1.165) is 17.7 Å². The summed E-state index contributed by atoms with van der Waals surface area (Å²) in [6, 6.07) is 11.8. The summed E-state index contributed by atoms with van der Waals surface area (Å²) in [5, 5.41) is 3.18. The number of carbonyl (C=O) groups is 1. The Morgan fingerprint density at radius 2 is 1.96 bits per heavy atom. The number of hydrogen-bond donors (Lipinski definition) is 1. The fraction of sp³-hybridized carbons (Fsp3) is 0.278. The largest absolute Gasteiger partial charge is 0.497 e. The third-order valence-corrected chi connectivity index (χ3v) is 4.01. The second-order valence-electron chi connectivity index (χ2n) is 5.18. The van der Waals surface area contributed by atoms with Crippen LogP contribution in [0.3, 0.4) is 0 Å². The van der Waals surface area contributed by atoms with Crippen molar-refractivity contribution in [3.8, 4) is 5.75 Å². The van der Waals surface area contributed by atoms with Gasteiger partial charge in [-0.2, -0.15) is 0 Å². The highest BCUT2D eigenvalue weighted by Crippen LogP contribution is 2.22. The van der Waals surface area contributed by atoms with Gasteiger partial charge in [0.15, 0.2) is 0 Å². The van der Waals surface area contributed by atoms with Crippen molar-refractivity contribution in [2.75, 3.05) is 7.11 Å². The SMILES string of the molecule is CCC(NC(=O)Cc1c(F)cccc1Cl)c1ccc(OC)cc1. The zero-order chi connectivity index (χ0) is 16.8. The van der Waals surface area contributed by atoms with Crippen LogP contribution in [0.25, 0.3) is 0 Å². The Hall–Kier alpha value is -2.07. The van der Waals surface area contributed by atoms with Crippen LogP contribution in [0.4, 0.5) is 4.39 Å². The molecule has 2 aromatic carbocycles. The Morgan fingerprint density at radius 1 is 1.26 bits per heavy atom. The van der Waals surface area contributed by atoms with Crippen molar-refractivity contribution in [1.82, 2.24) is 5.32 Å². The summed E-state index contributed by atoms with van der Waals surface area (Å²) in [6.07, 6.45) is 0.640. The number of nitrogens with one attached hydrogen (secondary N) is 1. The smallest absolute Gasteiger partial charge is 0.225 e. The maximum Gasteiger partial charge on any atom is 0.225 e. The molecule has 0 aliphatic heterocycles. The zero-order valence-electron chi connectivity index (χ0n) is 13.1. The Morgan fingerprint density at radius 3 is 2.52 bits per heavy atom. The van der Waals surface area contributed by atoms with E-state index in [-0.39, 0.29) is 29.0 Å². The molecule has 5 heteroatoms. The number of rotatable bonds is 6. The standard InChI is InChI=1S/C18H19ClFNO2/c1-3-17(12-7-9-13(23-2)10-8-12)21-18(22)11-14-15(19)5-4-6-16(14)20/h4-10,17H,3,11H2,1-2H3,(H,21,22). The van der Waals surface area contributed by atoms with Crippen LogP contribution in [0.5, 0.6) is 5.75 Å². The molecule has 3 nitrogen and oxygen atoms in total. The van der Waals surface area contributed by atoms with Crippen LogP contribution in [0, 0.1) is 5.82 Å². The van der Waals surface area contributed by atoms with Gasteiger partial charge >= 0.3 is 0 Å². The van der Waals surface area contributed by atoms with E-state index in [0.29, 0.717) is 0 Å². The quantitative estimate of drug-likeness (QED) is 0.854. The van der Waals surface area contributed by atoms with Crippen LogP contribution in [-0.4, -0.2) is 13.0 Å². The molecule has 2 aromatic rings. The molecule has 0 aliphatic carbocycles. The normalized spacial score (nSPS) is 11.8. The molecular formula is C18H19ClFNO2. The first-order valence-corrected chi connectivity index (χ1v) is 7.79. The minimum absolute atomic E-state index is 0.0852. The average molecular weight is 336 g/mol. The second kappa shape index (κ2) is 7.97. The Labute approximate surface area is 140 Å². The summed E-state index contributed by atoms with van der Waals surface area (Å²) in [5.74, 6) is 0.0258. The van der Waals surface area contributed by atoms with Crippen LogP contribution in [0.2, 0.25) is 5.02 Å². The average Bonchev–Trinajstić information content (AvgIpc) is 2.56. The molecule has 23 heavy (non-hydrogen) atoms. The number of carbonyl (C=O) groups excluding carboxylic acids is 1. The summed E-state index contributed by atoms with van der Waals surface area (Å²) >= 11 is 5.96. The van der Waals surface area contributed by atoms with Crippen molar-refractivity contribution < 1.29 is 13.9 Å².